The van der Waals surface area contributed by atoms with E-state index in [2.05, 4.69) is 20.5 Å². The van der Waals surface area contributed by atoms with Crippen molar-refractivity contribution < 1.29 is 4.79 Å². The first kappa shape index (κ1) is 19.1. The number of rotatable bonds is 4. The first-order valence-electron chi connectivity index (χ1n) is 9.68. The fraction of sp³-hybridized carbons (Fsp3) is 0.0870. The molecule has 0 aliphatic heterocycles. The van der Waals surface area contributed by atoms with Crippen molar-refractivity contribution in [3.05, 3.63) is 82.9 Å². The summed E-state index contributed by atoms with van der Waals surface area (Å²) in [6.07, 6.45) is 5.05. The molecule has 31 heavy (non-hydrogen) atoms. The third kappa shape index (κ3) is 3.47. The number of fused-ring (bicyclic) bond motifs is 2. The zero-order chi connectivity index (χ0) is 21.4. The maximum atomic E-state index is 13.1. The predicted octanol–water partition coefficient (Wildman–Crippen LogP) is 4.39. The van der Waals surface area contributed by atoms with E-state index in [0.717, 1.165) is 38.5 Å². The van der Waals surface area contributed by atoms with Crippen LogP contribution in [0.4, 0.5) is 0 Å². The summed E-state index contributed by atoms with van der Waals surface area (Å²) in [6, 6.07) is 13.1. The quantitative estimate of drug-likeness (QED) is 0.341. The van der Waals surface area contributed by atoms with Gasteiger partial charge in [0.25, 0.3) is 5.91 Å². The van der Waals surface area contributed by atoms with Crippen LogP contribution in [0.15, 0.2) is 65.3 Å². The highest BCUT2D eigenvalue weighted by Crippen LogP contribution is 2.24. The van der Waals surface area contributed by atoms with Gasteiger partial charge < -0.3 is 0 Å². The van der Waals surface area contributed by atoms with Crippen molar-refractivity contribution in [1.82, 2.24) is 24.8 Å². The molecule has 0 saturated carbocycles. The summed E-state index contributed by atoms with van der Waals surface area (Å²) in [5.74, 6) is -0.300. The molecular weight excluding hydrogens is 408 g/mol. The minimum absolute atomic E-state index is 0.300. The number of aryl methyl sites for hydroxylation is 2. The number of hydrazone groups is 1. The van der Waals surface area contributed by atoms with Gasteiger partial charge in [0, 0.05) is 34.4 Å². The van der Waals surface area contributed by atoms with Crippen molar-refractivity contribution in [1.29, 1.82) is 0 Å². The number of hydrogen-bond donors (Lipinski definition) is 1. The average Bonchev–Trinajstić information content (AvgIpc) is 3.31. The number of nitrogens with one attached hydrogen (secondary N) is 1. The van der Waals surface area contributed by atoms with Gasteiger partial charge in [-0.2, -0.15) is 5.10 Å². The number of carbonyl (C=O) groups excluding carboxylic acids is 1. The summed E-state index contributed by atoms with van der Waals surface area (Å²) in [7, 11) is 0. The summed E-state index contributed by atoms with van der Waals surface area (Å²) in [4.78, 5) is 27.3. The zero-order valence-corrected chi connectivity index (χ0v) is 17.7. The molecule has 1 amide bonds. The largest absolute Gasteiger partial charge is 0.286 e. The monoisotopic (exact) mass is 426 g/mol. The fourth-order valence-electron chi connectivity index (χ4n) is 3.52. The zero-order valence-electron chi connectivity index (χ0n) is 16.9. The molecule has 0 spiro atoms. The maximum absolute atomic E-state index is 13.1. The molecule has 0 aliphatic carbocycles. The molecule has 0 unspecified atom stereocenters. The van der Waals surface area contributed by atoms with Gasteiger partial charge in [0.05, 0.1) is 34.4 Å². The summed E-state index contributed by atoms with van der Waals surface area (Å²) in [6.45, 7) is 3.95. The number of para-hydroxylation sites is 1. The number of imidazole rings is 1. The Kier molecular flexibility index (Phi) is 4.76. The Morgan fingerprint density at radius 2 is 1.94 bits per heavy atom. The van der Waals surface area contributed by atoms with E-state index in [1.807, 2.05) is 60.0 Å². The lowest BCUT2D eigenvalue weighted by Crippen LogP contribution is -2.18. The minimum Gasteiger partial charge on any atom is -0.286 e. The lowest BCUT2D eigenvalue weighted by molar-refractivity contribution is 0.0956. The van der Waals surface area contributed by atoms with E-state index in [1.165, 1.54) is 0 Å². The Bertz CT molecular complexity index is 1450. The lowest BCUT2D eigenvalue weighted by Gasteiger charge is -2.09. The molecule has 0 saturated heterocycles. The molecule has 0 atom stereocenters. The molecular formula is C23H18N6OS. The predicted molar refractivity (Wildman–Crippen MR) is 123 cm³/mol. The van der Waals surface area contributed by atoms with E-state index in [4.69, 9.17) is 4.98 Å². The normalized spacial score (nSPS) is 11.5. The van der Waals surface area contributed by atoms with Crippen LogP contribution in [0, 0.1) is 13.8 Å². The second-order valence-corrected chi connectivity index (χ2v) is 7.92. The summed E-state index contributed by atoms with van der Waals surface area (Å²) >= 11 is 1.58. The molecule has 152 valence electrons. The number of pyridine rings is 2. The van der Waals surface area contributed by atoms with Crippen LogP contribution >= 0.6 is 11.3 Å². The Hall–Kier alpha value is -3.91. The second-order valence-electron chi connectivity index (χ2n) is 7.08. The highest BCUT2D eigenvalue weighted by molar-refractivity contribution is 7.15. The molecule has 8 heteroatoms. The van der Waals surface area contributed by atoms with Crippen LogP contribution in [-0.4, -0.2) is 31.5 Å². The molecule has 0 aliphatic rings. The Morgan fingerprint density at radius 1 is 1.13 bits per heavy atom. The second kappa shape index (κ2) is 7.73. The van der Waals surface area contributed by atoms with E-state index in [-0.39, 0.29) is 5.91 Å². The van der Waals surface area contributed by atoms with Gasteiger partial charge >= 0.3 is 0 Å². The van der Waals surface area contributed by atoms with Crippen molar-refractivity contribution in [3.63, 3.8) is 0 Å². The molecule has 7 nitrogen and oxygen atoms in total. The smallest absolute Gasteiger partial charge is 0.272 e. The minimum atomic E-state index is -0.300. The van der Waals surface area contributed by atoms with Crippen LogP contribution in [0.2, 0.25) is 0 Å². The fourth-order valence-corrected chi connectivity index (χ4v) is 4.44. The van der Waals surface area contributed by atoms with Crippen LogP contribution in [0.3, 0.4) is 0 Å². The van der Waals surface area contributed by atoms with Crippen molar-refractivity contribution in [2.24, 2.45) is 5.10 Å². The van der Waals surface area contributed by atoms with Crippen LogP contribution < -0.4 is 5.43 Å². The first-order chi connectivity index (χ1) is 15.1. The maximum Gasteiger partial charge on any atom is 0.272 e. The van der Waals surface area contributed by atoms with E-state index in [1.54, 1.807) is 36.0 Å². The highest BCUT2D eigenvalue weighted by Gasteiger charge is 2.14. The van der Waals surface area contributed by atoms with E-state index < -0.39 is 0 Å². The van der Waals surface area contributed by atoms with Gasteiger partial charge in [-0.25, -0.2) is 15.4 Å². The Labute approximate surface area is 182 Å². The number of carbonyl (C=O) groups is 1. The molecule has 0 radical (unpaired) electrons. The van der Waals surface area contributed by atoms with Crippen LogP contribution in [0.1, 0.15) is 27.4 Å². The molecule has 4 aromatic heterocycles. The van der Waals surface area contributed by atoms with Crippen molar-refractivity contribution in [2.45, 2.75) is 13.8 Å². The van der Waals surface area contributed by atoms with Crippen LogP contribution in [0.5, 0.6) is 0 Å². The van der Waals surface area contributed by atoms with Crippen LogP contribution in [0.25, 0.3) is 27.1 Å². The third-order valence-electron chi connectivity index (χ3n) is 5.04. The van der Waals surface area contributed by atoms with Crippen LogP contribution in [-0.2, 0) is 0 Å². The molecule has 4 heterocycles. The lowest BCUT2D eigenvalue weighted by atomic mass is 10.0. The Morgan fingerprint density at radius 3 is 2.77 bits per heavy atom. The van der Waals surface area contributed by atoms with E-state index in [9.17, 15) is 4.79 Å². The standard InChI is InChI=1S/C23H18N6OS/c1-14-13-31-23-26-15(2)21(29(14)23)12-25-28-22(30)18-11-20(16-7-9-24-10-8-16)27-19-6-4-3-5-17(18)19/h3-13H,1-2H3,(H,28,30)/b25-12+. The molecule has 1 aromatic carbocycles. The van der Waals surface area contributed by atoms with Gasteiger partial charge in [-0.3, -0.25) is 14.2 Å². The Balaban J connectivity index is 1.50. The number of hydrogen-bond acceptors (Lipinski definition) is 6. The van der Waals surface area contributed by atoms with E-state index in [0.29, 0.717) is 11.3 Å². The highest BCUT2D eigenvalue weighted by atomic mass is 32.1. The summed E-state index contributed by atoms with van der Waals surface area (Å²) in [5.41, 5.74) is 8.31. The number of amides is 1. The number of nitrogens with zero attached hydrogens (tertiary/aromatic N) is 5. The molecule has 1 N–H and O–H groups in total. The van der Waals surface area contributed by atoms with Gasteiger partial charge in [-0.1, -0.05) is 18.2 Å². The molecule has 0 bridgehead atoms. The number of thiazole rings is 1. The van der Waals surface area contributed by atoms with Gasteiger partial charge in [0.15, 0.2) is 4.96 Å². The SMILES string of the molecule is Cc1nc2scc(C)n2c1/C=N/NC(=O)c1cc(-c2ccncc2)nc2ccccc12. The van der Waals surface area contributed by atoms with Gasteiger partial charge in [0.1, 0.15) is 0 Å². The van der Waals surface area contributed by atoms with Crippen molar-refractivity contribution in [3.8, 4) is 11.3 Å². The topological polar surface area (TPSA) is 84.5 Å². The summed E-state index contributed by atoms with van der Waals surface area (Å²) in [5, 5.41) is 7.03. The van der Waals surface area contributed by atoms with Gasteiger partial charge in [0.2, 0.25) is 0 Å². The average molecular weight is 427 g/mol. The molecule has 0 fully saturated rings. The molecule has 5 aromatic rings. The van der Waals surface area contributed by atoms with E-state index >= 15 is 0 Å². The molecule has 5 rings (SSSR count). The van der Waals surface area contributed by atoms with Crippen molar-refractivity contribution >= 4 is 39.3 Å². The number of benzene rings is 1. The first-order valence-corrected chi connectivity index (χ1v) is 10.6. The third-order valence-corrected chi connectivity index (χ3v) is 5.99. The van der Waals surface area contributed by atoms with Gasteiger partial charge in [-0.05, 0) is 38.1 Å². The van der Waals surface area contributed by atoms with Gasteiger partial charge in [-0.15, -0.1) is 11.3 Å². The summed E-state index contributed by atoms with van der Waals surface area (Å²) < 4.78 is 2.03. The van der Waals surface area contributed by atoms with Crippen molar-refractivity contribution in [2.75, 3.05) is 0 Å². The number of aromatic nitrogens is 4.